The number of halogens is 1. The number of fused-ring (bicyclic) bond motifs is 1. The molecule has 1 fully saturated rings. The molecule has 24 heavy (non-hydrogen) atoms. The lowest BCUT2D eigenvalue weighted by molar-refractivity contribution is -0.136. The van der Waals surface area contributed by atoms with Crippen LogP contribution in [0.1, 0.15) is 17.9 Å². The zero-order valence-corrected chi connectivity index (χ0v) is 14.0. The fraction of sp³-hybridized carbons (Fsp3) is 0.467. The predicted octanol–water partition coefficient (Wildman–Crippen LogP) is 0.355. The smallest absolute Gasteiger partial charge is 0.230 e. The summed E-state index contributed by atoms with van der Waals surface area (Å²) in [4.78, 5) is 26.2. The predicted molar refractivity (Wildman–Crippen MR) is 85.4 cm³/mol. The Hall–Kier alpha value is -2.00. The van der Waals surface area contributed by atoms with Gasteiger partial charge in [-0.3, -0.25) is 9.59 Å². The van der Waals surface area contributed by atoms with Gasteiger partial charge in [0.25, 0.3) is 0 Å². The number of benzene rings is 1. The number of carbonyl (C=O) groups is 2. The Morgan fingerprint density at radius 2 is 1.92 bits per heavy atom. The second-order valence-corrected chi connectivity index (χ2v) is 8.01. The molecular formula is C15H18FN3O4S. The Morgan fingerprint density at radius 1 is 1.25 bits per heavy atom. The van der Waals surface area contributed by atoms with Crippen molar-refractivity contribution in [3.8, 4) is 0 Å². The minimum Gasteiger partial charge on any atom is -0.340 e. The van der Waals surface area contributed by atoms with Gasteiger partial charge in [-0.05, 0) is 23.8 Å². The van der Waals surface area contributed by atoms with E-state index in [1.165, 1.54) is 22.5 Å². The Kier molecular flexibility index (Phi) is 4.31. The molecular weight excluding hydrogens is 337 g/mol. The normalized spacial score (nSPS) is 22.0. The summed E-state index contributed by atoms with van der Waals surface area (Å²) in [5, 5.41) is 2.64. The van der Waals surface area contributed by atoms with Crippen LogP contribution < -0.4 is 5.32 Å². The van der Waals surface area contributed by atoms with Gasteiger partial charge in [0.1, 0.15) is 5.82 Å². The summed E-state index contributed by atoms with van der Waals surface area (Å²) >= 11 is 0. The maximum absolute atomic E-state index is 13.5. The summed E-state index contributed by atoms with van der Waals surface area (Å²) in [5.41, 5.74) is 0.908. The summed E-state index contributed by atoms with van der Waals surface area (Å²) < 4.78 is 37.9. The van der Waals surface area contributed by atoms with Crippen LogP contribution in [0.2, 0.25) is 0 Å². The maximum atomic E-state index is 13.5. The van der Waals surface area contributed by atoms with E-state index in [-0.39, 0.29) is 44.4 Å². The van der Waals surface area contributed by atoms with E-state index in [1.807, 2.05) is 0 Å². The highest BCUT2D eigenvalue weighted by Gasteiger charge is 2.35. The molecule has 1 N–H and O–H groups in total. The molecule has 1 saturated heterocycles. The van der Waals surface area contributed by atoms with E-state index in [0.29, 0.717) is 11.3 Å². The van der Waals surface area contributed by atoms with E-state index in [4.69, 9.17) is 0 Å². The molecule has 2 amide bonds. The molecule has 2 aliphatic heterocycles. The molecule has 0 radical (unpaired) electrons. The number of nitrogens with one attached hydrogen (secondary N) is 1. The first-order valence-electron chi connectivity index (χ1n) is 7.59. The van der Waals surface area contributed by atoms with Crippen molar-refractivity contribution in [3.63, 3.8) is 0 Å². The fourth-order valence-electron chi connectivity index (χ4n) is 3.11. The molecule has 1 aromatic rings. The van der Waals surface area contributed by atoms with Gasteiger partial charge in [-0.15, -0.1) is 0 Å². The van der Waals surface area contributed by atoms with Crippen molar-refractivity contribution in [1.82, 2.24) is 9.21 Å². The maximum Gasteiger partial charge on any atom is 0.230 e. The molecule has 7 nitrogen and oxygen atoms in total. The lowest BCUT2D eigenvalue weighted by Gasteiger charge is -2.36. The summed E-state index contributed by atoms with van der Waals surface area (Å²) in [5.74, 6) is -1.77. The number of hydrogen-bond donors (Lipinski definition) is 1. The standard InChI is InChI=1S/C15H18FN3O4S/c1-24(22,23)19-6-4-18(5-7-19)15(21)12-9-14(20)17-13-3-2-10(16)8-11(12)13/h2-3,8,12H,4-7,9H2,1H3,(H,17,20). The van der Waals surface area contributed by atoms with Gasteiger partial charge in [0.2, 0.25) is 21.8 Å². The highest BCUT2D eigenvalue weighted by Crippen LogP contribution is 2.34. The Balaban J connectivity index is 1.79. The van der Waals surface area contributed by atoms with Gasteiger partial charge >= 0.3 is 0 Å². The number of sulfonamides is 1. The van der Waals surface area contributed by atoms with Crippen molar-refractivity contribution in [3.05, 3.63) is 29.6 Å². The average molecular weight is 355 g/mol. The van der Waals surface area contributed by atoms with Gasteiger partial charge in [0.15, 0.2) is 0 Å². The molecule has 0 aliphatic carbocycles. The minimum atomic E-state index is -3.28. The van der Waals surface area contributed by atoms with Crippen LogP contribution in [-0.4, -0.2) is 61.9 Å². The molecule has 0 saturated carbocycles. The number of carbonyl (C=O) groups excluding carboxylic acids is 2. The van der Waals surface area contributed by atoms with Gasteiger partial charge in [-0.2, -0.15) is 4.31 Å². The van der Waals surface area contributed by atoms with E-state index in [0.717, 1.165) is 6.26 Å². The van der Waals surface area contributed by atoms with Gasteiger partial charge in [-0.1, -0.05) is 0 Å². The first-order valence-corrected chi connectivity index (χ1v) is 9.44. The van der Waals surface area contributed by atoms with Crippen LogP contribution in [0.5, 0.6) is 0 Å². The van der Waals surface area contributed by atoms with Crippen molar-refractivity contribution >= 4 is 27.5 Å². The molecule has 0 spiro atoms. The summed E-state index contributed by atoms with van der Waals surface area (Å²) in [6.07, 6.45) is 1.09. The van der Waals surface area contributed by atoms with E-state index in [9.17, 15) is 22.4 Å². The molecule has 1 atom stereocenters. The number of rotatable bonds is 2. The molecule has 3 rings (SSSR count). The van der Waals surface area contributed by atoms with Crippen LogP contribution in [0, 0.1) is 5.82 Å². The first-order chi connectivity index (χ1) is 11.3. The fourth-order valence-corrected chi connectivity index (χ4v) is 3.94. The van der Waals surface area contributed by atoms with Crippen molar-refractivity contribution in [1.29, 1.82) is 0 Å². The van der Waals surface area contributed by atoms with Crippen LogP contribution in [0.3, 0.4) is 0 Å². The highest BCUT2D eigenvalue weighted by atomic mass is 32.2. The third-order valence-corrected chi connectivity index (χ3v) is 5.67. The van der Waals surface area contributed by atoms with Gasteiger partial charge in [-0.25, -0.2) is 12.8 Å². The first kappa shape index (κ1) is 16.8. The molecule has 2 aliphatic rings. The topological polar surface area (TPSA) is 86.8 Å². The van der Waals surface area contributed by atoms with E-state index in [1.54, 1.807) is 4.90 Å². The summed E-state index contributed by atoms with van der Waals surface area (Å²) in [6.45, 7) is 0.961. The number of piperazine rings is 1. The Labute approximate surface area is 139 Å². The minimum absolute atomic E-state index is 0.0401. The third kappa shape index (κ3) is 3.27. The Morgan fingerprint density at radius 3 is 2.54 bits per heavy atom. The lowest BCUT2D eigenvalue weighted by atomic mass is 9.89. The second kappa shape index (κ2) is 6.14. The summed E-state index contributed by atoms with van der Waals surface area (Å²) in [6, 6.07) is 3.95. The van der Waals surface area contributed by atoms with Crippen LogP contribution in [0.25, 0.3) is 0 Å². The van der Waals surface area contributed by atoms with Gasteiger partial charge in [0.05, 0.1) is 12.2 Å². The van der Waals surface area contributed by atoms with Crippen molar-refractivity contribution in [2.45, 2.75) is 12.3 Å². The van der Waals surface area contributed by atoms with Crippen LogP contribution in [0.4, 0.5) is 10.1 Å². The average Bonchev–Trinajstić information content (AvgIpc) is 2.53. The monoisotopic (exact) mass is 355 g/mol. The second-order valence-electron chi connectivity index (χ2n) is 6.02. The molecule has 0 aromatic heterocycles. The number of anilines is 1. The molecule has 0 bridgehead atoms. The van der Waals surface area contributed by atoms with Crippen molar-refractivity contribution < 1.29 is 22.4 Å². The SMILES string of the molecule is CS(=O)(=O)N1CCN(C(=O)C2CC(=O)Nc3ccc(F)cc32)CC1. The molecule has 2 heterocycles. The van der Waals surface area contributed by atoms with Crippen molar-refractivity contribution in [2.75, 3.05) is 37.8 Å². The van der Waals surface area contributed by atoms with Gasteiger partial charge in [0, 0.05) is 38.3 Å². The number of hydrogen-bond acceptors (Lipinski definition) is 4. The molecule has 130 valence electrons. The zero-order valence-electron chi connectivity index (χ0n) is 13.2. The van der Waals surface area contributed by atoms with Crippen LogP contribution >= 0.6 is 0 Å². The summed E-state index contributed by atoms with van der Waals surface area (Å²) in [7, 11) is -3.28. The van der Waals surface area contributed by atoms with Gasteiger partial charge < -0.3 is 10.2 Å². The third-order valence-electron chi connectivity index (χ3n) is 4.37. The number of amides is 2. The highest BCUT2D eigenvalue weighted by molar-refractivity contribution is 7.88. The molecule has 9 heteroatoms. The largest absolute Gasteiger partial charge is 0.340 e. The quantitative estimate of drug-likeness (QED) is 0.830. The van der Waals surface area contributed by atoms with Crippen molar-refractivity contribution in [2.24, 2.45) is 0 Å². The Bertz CT molecular complexity index is 788. The zero-order chi connectivity index (χ0) is 17.5. The molecule has 1 unspecified atom stereocenters. The van der Waals surface area contributed by atoms with E-state index >= 15 is 0 Å². The van der Waals surface area contributed by atoms with E-state index in [2.05, 4.69) is 5.32 Å². The van der Waals surface area contributed by atoms with E-state index < -0.39 is 21.8 Å². The lowest BCUT2D eigenvalue weighted by Crippen LogP contribution is -2.51. The number of nitrogens with zero attached hydrogens (tertiary/aromatic N) is 2. The van der Waals surface area contributed by atoms with Crippen LogP contribution in [-0.2, 0) is 19.6 Å². The van der Waals surface area contributed by atoms with Crippen LogP contribution in [0.15, 0.2) is 18.2 Å². The molecule has 1 aromatic carbocycles.